The van der Waals surface area contributed by atoms with Crippen LogP contribution < -0.4 is 0 Å². The van der Waals surface area contributed by atoms with Crippen LogP contribution in [-0.2, 0) is 11.5 Å². The molecule has 0 fully saturated rings. The second-order valence-corrected chi connectivity index (χ2v) is 13.8. The van der Waals surface area contributed by atoms with E-state index in [1.165, 1.54) is 0 Å². The zero-order chi connectivity index (χ0) is 18.0. The third-order valence-corrected chi connectivity index (χ3v) is 6.04. The van der Waals surface area contributed by atoms with Crippen molar-refractivity contribution >= 4 is 35.0 Å². The van der Waals surface area contributed by atoms with Crippen molar-refractivity contribution in [2.75, 3.05) is 6.61 Å². The highest BCUT2D eigenvalue weighted by atomic mass is 79.9. The second kappa shape index (κ2) is 7.27. The minimum Gasteiger partial charge on any atom is -0.508 e. The monoisotopic (exact) mass is 419 g/mol. The molecular weight excluding hydrogens is 398 g/mol. The van der Waals surface area contributed by atoms with Crippen LogP contribution in [0.5, 0.6) is 5.75 Å². The van der Waals surface area contributed by atoms with E-state index in [1.54, 1.807) is 23.0 Å². The predicted molar refractivity (Wildman–Crippen MR) is 106 cm³/mol. The van der Waals surface area contributed by atoms with Crippen LogP contribution in [0.15, 0.2) is 41.0 Å². The average Bonchev–Trinajstić information content (AvgIpc) is 2.89. The summed E-state index contributed by atoms with van der Waals surface area (Å²) in [7, 11) is -1.11. The molecule has 0 aliphatic rings. The number of pyridine rings is 1. The van der Waals surface area contributed by atoms with Gasteiger partial charge in [0.25, 0.3) is 0 Å². The summed E-state index contributed by atoms with van der Waals surface area (Å²) in [5, 5.41) is 15.2. The van der Waals surface area contributed by atoms with E-state index in [2.05, 4.69) is 40.6 Å². The Balaban J connectivity index is 1.90. The number of fused-ring (bicyclic) bond motifs is 1. The summed E-state index contributed by atoms with van der Waals surface area (Å²) in [5.74, 6) is 0.237. The summed E-state index contributed by atoms with van der Waals surface area (Å²) in [6.07, 6.45) is 1.77. The van der Waals surface area contributed by atoms with Crippen LogP contribution in [0, 0.1) is 0 Å². The third kappa shape index (κ3) is 4.48. The third-order valence-electron chi connectivity index (χ3n) is 3.90. The summed E-state index contributed by atoms with van der Waals surface area (Å²) >= 11 is 3.48. The van der Waals surface area contributed by atoms with Crippen LogP contribution in [0.4, 0.5) is 0 Å². The second-order valence-electron chi connectivity index (χ2n) is 7.27. The number of aromatic hydroxyl groups is 1. The smallest absolute Gasteiger partial charge is 0.160 e. The first-order valence-electron chi connectivity index (χ1n) is 8.23. The predicted octanol–water partition coefficient (Wildman–Crippen LogP) is 4.88. The normalized spacial score (nSPS) is 12.0. The Morgan fingerprint density at radius 2 is 1.92 bits per heavy atom. The molecule has 2 heterocycles. The van der Waals surface area contributed by atoms with Crippen LogP contribution in [0.3, 0.4) is 0 Å². The Bertz CT molecular complexity index is 872. The first-order chi connectivity index (χ1) is 11.8. The minimum atomic E-state index is -1.11. The van der Waals surface area contributed by atoms with Gasteiger partial charge in [-0.15, -0.1) is 0 Å². The lowest BCUT2D eigenvalue weighted by molar-refractivity contribution is 0.0814. The molecule has 2 aromatic heterocycles. The Labute approximate surface area is 156 Å². The summed E-state index contributed by atoms with van der Waals surface area (Å²) < 4.78 is 8.55. The van der Waals surface area contributed by atoms with Crippen molar-refractivity contribution in [2.45, 2.75) is 32.4 Å². The average molecular weight is 420 g/mol. The van der Waals surface area contributed by atoms with Gasteiger partial charge in [0.15, 0.2) is 5.65 Å². The van der Waals surface area contributed by atoms with Crippen LogP contribution in [0.2, 0.25) is 25.7 Å². The molecule has 0 bridgehead atoms. The lowest BCUT2D eigenvalue weighted by atomic mass is 10.1. The standard InChI is InChI=1S/C18H22BrN3O2Si/c1-25(2,3)9-8-24-12-22-18-16(10-14(19)11-20-18)17(21-22)13-4-6-15(23)7-5-13/h4-7,10-11,23H,8-9,12H2,1-3H3. The molecule has 0 amide bonds. The number of phenols is 1. The van der Waals surface area contributed by atoms with Crippen molar-refractivity contribution in [3.8, 4) is 17.0 Å². The number of phenolic OH excluding ortho intramolecular Hbond substituents is 1. The van der Waals surface area contributed by atoms with Gasteiger partial charge in [0.2, 0.25) is 0 Å². The van der Waals surface area contributed by atoms with Gasteiger partial charge >= 0.3 is 0 Å². The van der Waals surface area contributed by atoms with Crippen molar-refractivity contribution in [1.29, 1.82) is 0 Å². The summed E-state index contributed by atoms with van der Waals surface area (Å²) in [6, 6.07) is 10.2. The number of nitrogens with zero attached hydrogens (tertiary/aromatic N) is 3. The van der Waals surface area contributed by atoms with Gasteiger partial charge in [-0.3, -0.25) is 0 Å². The van der Waals surface area contributed by atoms with Gasteiger partial charge < -0.3 is 9.84 Å². The number of aromatic nitrogens is 3. The molecule has 0 saturated carbocycles. The fourth-order valence-electron chi connectivity index (χ4n) is 2.49. The summed E-state index contributed by atoms with van der Waals surface area (Å²) in [5.41, 5.74) is 2.56. The molecular formula is C18H22BrN3O2Si. The molecule has 0 aliphatic carbocycles. The number of hydrogen-bond acceptors (Lipinski definition) is 4. The molecule has 7 heteroatoms. The molecule has 0 saturated heterocycles. The molecule has 3 rings (SSSR count). The Hall–Kier alpha value is -1.70. The first-order valence-corrected chi connectivity index (χ1v) is 12.7. The first kappa shape index (κ1) is 18.1. The SMILES string of the molecule is C[Si](C)(C)CCOCn1nc(-c2ccc(O)cc2)c2cc(Br)cnc21. The Kier molecular flexibility index (Phi) is 5.26. The van der Waals surface area contributed by atoms with Gasteiger partial charge in [-0.1, -0.05) is 19.6 Å². The van der Waals surface area contributed by atoms with E-state index in [0.717, 1.165) is 39.4 Å². The highest BCUT2D eigenvalue weighted by molar-refractivity contribution is 9.10. The van der Waals surface area contributed by atoms with E-state index < -0.39 is 8.07 Å². The summed E-state index contributed by atoms with van der Waals surface area (Å²) in [6.45, 7) is 8.13. The van der Waals surface area contributed by atoms with Crippen molar-refractivity contribution in [3.05, 3.63) is 41.0 Å². The lowest BCUT2D eigenvalue weighted by Gasteiger charge is -2.15. The minimum absolute atomic E-state index is 0.237. The van der Waals surface area contributed by atoms with E-state index in [-0.39, 0.29) is 5.75 Å². The van der Waals surface area contributed by atoms with Crippen LogP contribution in [0.1, 0.15) is 0 Å². The van der Waals surface area contributed by atoms with Gasteiger partial charge in [-0.2, -0.15) is 5.10 Å². The lowest BCUT2D eigenvalue weighted by Crippen LogP contribution is -2.22. The fourth-order valence-corrected chi connectivity index (χ4v) is 3.57. The van der Waals surface area contributed by atoms with Gasteiger partial charge in [0.05, 0.1) is 0 Å². The molecule has 25 heavy (non-hydrogen) atoms. The van der Waals surface area contributed by atoms with E-state index in [4.69, 9.17) is 9.84 Å². The molecule has 132 valence electrons. The quantitative estimate of drug-likeness (QED) is 0.456. The highest BCUT2D eigenvalue weighted by Crippen LogP contribution is 2.30. The molecule has 3 aromatic rings. The maximum absolute atomic E-state index is 9.51. The maximum Gasteiger partial charge on any atom is 0.160 e. The van der Waals surface area contributed by atoms with Gasteiger partial charge in [0.1, 0.15) is 18.2 Å². The summed E-state index contributed by atoms with van der Waals surface area (Å²) in [4.78, 5) is 4.50. The van der Waals surface area contributed by atoms with Gasteiger partial charge in [-0.05, 0) is 52.3 Å². The van der Waals surface area contributed by atoms with Crippen LogP contribution >= 0.6 is 15.9 Å². The molecule has 0 atom stereocenters. The van der Waals surface area contributed by atoms with E-state index in [1.807, 2.05) is 18.2 Å². The van der Waals surface area contributed by atoms with Crippen LogP contribution in [0.25, 0.3) is 22.3 Å². The zero-order valence-corrected chi connectivity index (χ0v) is 17.2. The molecule has 0 spiro atoms. The fraction of sp³-hybridized carbons (Fsp3) is 0.333. The molecule has 0 aliphatic heterocycles. The number of benzene rings is 1. The molecule has 1 aromatic carbocycles. The largest absolute Gasteiger partial charge is 0.508 e. The van der Waals surface area contributed by atoms with E-state index in [0.29, 0.717) is 6.73 Å². The Morgan fingerprint density at radius 1 is 1.20 bits per heavy atom. The van der Waals surface area contributed by atoms with Gasteiger partial charge in [-0.25, -0.2) is 9.67 Å². The van der Waals surface area contributed by atoms with Crippen LogP contribution in [-0.4, -0.2) is 34.6 Å². The van der Waals surface area contributed by atoms with Crippen molar-refractivity contribution < 1.29 is 9.84 Å². The van der Waals surface area contributed by atoms with Gasteiger partial charge in [0, 0.05) is 36.3 Å². The molecule has 0 radical (unpaired) electrons. The molecule has 5 nitrogen and oxygen atoms in total. The van der Waals surface area contributed by atoms with Crippen molar-refractivity contribution in [1.82, 2.24) is 14.8 Å². The van der Waals surface area contributed by atoms with E-state index in [9.17, 15) is 5.11 Å². The zero-order valence-electron chi connectivity index (χ0n) is 14.7. The molecule has 1 N–H and O–H groups in total. The number of halogens is 1. The number of rotatable bonds is 6. The van der Waals surface area contributed by atoms with E-state index >= 15 is 0 Å². The number of hydrogen-bond donors (Lipinski definition) is 1. The Morgan fingerprint density at radius 3 is 2.60 bits per heavy atom. The molecule has 0 unspecified atom stereocenters. The number of ether oxygens (including phenoxy) is 1. The topological polar surface area (TPSA) is 60.2 Å². The highest BCUT2D eigenvalue weighted by Gasteiger charge is 2.15. The van der Waals surface area contributed by atoms with Crippen molar-refractivity contribution in [3.63, 3.8) is 0 Å². The van der Waals surface area contributed by atoms with Crippen molar-refractivity contribution in [2.24, 2.45) is 0 Å². The maximum atomic E-state index is 9.51.